The molecule has 0 unspecified atom stereocenters. The van der Waals surface area contributed by atoms with Gasteiger partial charge in [0.15, 0.2) is 17.3 Å². The van der Waals surface area contributed by atoms with E-state index in [0.717, 1.165) is 26.9 Å². The van der Waals surface area contributed by atoms with E-state index in [1.807, 2.05) is 16.6 Å². The summed E-state index contributed by atoms with van der Waals surface area (Å²) in [6, 6.07) is 11.4. The van der Waals surface area contributed by atoms with Crippen molar-refractivity contribution in [1.29, 1.82) is 0 Å². The lowest BCUT2D eigenvalue weighted by Crippen LogP contribution is -2.38. The molecule has 4 aromatic rings. The zero-order valence-corrected chi connectivity index (χ0v) is 20.2. The number of aryl methyl sites for hydroxylation is 1. The van der Waals surface area contributed by atoms with Crippen LogP contribution in [0.15, 0.2) is 36.4 Å². The molecule has 10 heteroatoms. The molecule has 0 saturated carbocycles. The topological polar surface area (TPSA) is 90.2 Å². The quantitative estimate of drug-likeness (QED) is 0.457. The number of thiazole rings is 1. The largest absolute Gasteiger partial charge is 0.493 e. The van der Waals surface area contributed by atoms with Gasteiger partial charge in [-0.05, 0) is 6.92 Å². The molecule has 2 amide bonds. The molecule has 3 heterocycles. The lowest BCUT2D eigenvalue weighted by atomic mass is 10.1. The minimum atomic E-state index is -0.195. The number of aromatic nitrogens is 3. The van der Waals surface area contributed by atoms with Gasteiger partial charge in [0.25, 0.3) is 0 Å². The Kier molecular flexibility index (Phi) is 5.74. The number of rotatable bonds is 5. The molecule has 0 radical (unpaired) electrons. The minimum Gasteiger partial charge on any atom is -0.493 e. The Morgan fingerprint density at radius 2 is 1.76 bits per heavy atom. The second-order valence-corrected chi connectivity index (χ2v) is 9.05. The van der Waals surface area contributed by atoms with Gasteiger partial charge < -0.3 is 24.4 Å². The smallest absolute Gasteiger partial charge is 0.322 e. The van der Waals surface area contributed by atoms with Crippen LogP contribution in [-0.2, 0) is 13.0 Å². The molecule has 0 aliphatic carbocycles. The third-order valence-corrected chi connectivity index (χ3v) is 6.89. The third kappa shape index (κ3) is 3.90. The SMILES string of the molecule is COc1cc(NC(=O)N2CCc3c(sc4nc(-c5ccc(C)cc5)nn34)C2)cc(OC)c1OC. The highest BCUT2D eigenvalue weighted by molar-refractivity contribution is 7.17. The normalized spacial score (nSPS) is 13.0. The second kappa shape index (κ2) is 8.86. The first-order chi connectivity index (χ1) is 16.5. The van der Waals surface area contributed by atoms with Gasteiger partial charge >= 0.3 is 6.03 Å². The summed E-state index contributed by atoms with van der Waals surface area (Å²) in [6.45, 7) is 3.14. The number of benzene rings is 2. The number of urea groups is 1. The molecule has 0 fully saturated rings. The fraction of sp³-hybridized carbons (Fsp3) is 0.292. The Balaban J connectivity index is 1.34. The average Bonchev–Trinajstić information content (AvgIpc) is 3.41. The Hall–Kier alpha value is -3.79. The van der Waals surface area contributed by atoms with Crippen molar-refractivity contribution in [2.45, 2.75) is 19.9 Å². The number of ether oxygens (including phenoxy) is 3. The zero-order valence-electron chi connectivity index (χ0n) is 19.4. The molecule has 0 bridgehead atoms. The number of amides is 2. The number of fused-ring (bicyclic) bond motifs is 3. The Bertz CT molecular complexity index is 1340. The maximum Gasteiger partial charge on any atom is 0.322 e. The maximum absolute atomic E-state index is 13.0. The summed E-state index contributed by atoms with van der Waals surface area (Å²) >= 11 is 1.57. The van der Waals surface area contributed by atoms with Crippen molar-refractivity contribution >= 4 is 28.0 Å². The van der Waals surface area contributed by atoms with Crippen LogP contribution in [0, 0.1) is 6.92 Å². The third-order valence-electron chi connectivity index (χ3n) is 5.84. The van der Waals surface area contributed by atoms with Crippen LogP contribution in [0.1, 0.15) is 16.1 Å². The maximum atomic E-state index is 13.0. The van der Waals surface area contributed by atoms with Gasteiger partial charge in [-0.15, -0.1) is 5.10 Å². The van der Waals surface area contributed by atoms with E-state index in [1.165, 1.54) is 5.56 Å². The van der Waals surface area contributed by atoms with Gasteiger partial charge in [0, 0.05) is 35.5 Å². The molecular weight excluding hydrogens is 454 g/mol. The van der Waals surface area contributed by atoms with Crippen molar-refractivity contribution in [3.63, 3.8) is 0 Å². The number of carbonyl (C=O) groups excluding carboxylic acids is 1. The van der Waals surface area contributed by atoms with Crippen LogP contribution in [0.25, 0.3) is 16.3 Å². The fourth-order valence-electron chi connectivity index (χ4n) is 4.04. The first-order valence-corrected chi connectivity index (χ1v) is 11.6. The summed E-state index contributed by atoms with van der Waals surface area (Å²) in [6.07, 6.45) is 0.703. The van der Waals surface area contributed by atoms with Gasteiger partial charge in [-0.25, -0.2) is 9.31 Å². The van der Waals surface area contributed by atoms with Crippen molar-refractivity contribution < 1.29 is 19.0 Å². The van der Waals surface area contributed by atoms with E-state index in [0.29, 0.717) is 42.4 Å². The predicted molar refractivity (Wildman–Crippen MR) is 130 cm³/mol. The molecule has 2 aromatic heterocycles. The number of nitrogens with zero attached hydrogens (tertiary/aromatic N) is 4. The summed E-state index contributed by atoms with van der Waals surface area (Å²) in [7, 11) is 4.63. The van der Waals surface area contributed by atoms with Gasteiger partial charge in [0.2, 0.25) is 10.7 Å². The Labute approximate surface area is 200 Å². The van der Waals surface area contributed by atoms with Crippen LogP contribution in [0.2, 0.25) is 0 Å². The molecule has 5 rings (SSSR count). The number of nitrogens with one attached hydrogen (secondary N) is 1. The number of carbonyl (C=O) groups is 1. The second-order valence-electron chi connectivity index (χ2n) is 7.98. The van der Waals surface area contributed by atoms with Gasteiger partial charge in [-0.1, -0.05) is 41.2 Å². The van der Waals surface area contributed by atoms with Crippen LogP contribution in [-0.4, -0.2) is 53.4 Å². The van der Waals surface area contributed by atoms with E-state index in [-0.39, 0.29) is 6.03 Å². The van der Waals surface area contributed by atoms with E-state index < -0.39 is 0 Å². The van der Waals surface area contributed by atoms with E-state index in [4.69, 9.17) is 24.3 Å². The first-order valence-electron chi connectivity index (χ1n) is 10.8. The van der Waals surface area contributed by atoms with E-state index >= 15 is 0 Å². The Morgan fingerprint density at radius 3 is 2.41 bits per heavy atom. The van der Waals surface area contributed by atoms with Crippen LogP contribution in [0.5, 0.6) is 17.2 Å². The molecule has 2 aromatic carbocycles. The van der Waals surface area contributed by atoms with Crippen LogP contribution < -0.4 is 19.5 Å². The Morgan fingerprint density at radius 1 is 1.06 bits per heavy atom. The molecule has 0 saturated heterocycles. The lowest BCUT2D eigenvalue weighted by Gasteiger charge is -2.27. The van der Waals surface area contributed by atoms with Crippen molar-refractivity contribution in [3.8, 4) is 28.6 Å². The number of hydrogen-bond acceptors (Lipinski definition) is 7. The summed E-state index contributed by atoms with van der Waals surface area (Å²) in [4.78, 5) is 21.5. The molecule has 0 spiro atoms. The van der Waals surface area contributed by atoms with E-state index in [2.05, 4.69) is 24.4 Å². The number of anilines is 1. The van der Waals surface area contributed by atoms with E-state index in [1.54, 1.807) is 49.7 Å². The standard InChI is InChI=1S/C24H25N5O4S/c1-14-5-7-15(8-6-14)22-26-24-29(27-22)17-9-10-28(13-20(17)34-24)23(30)25-16-11-18(31-2)21(33-4)19(12-16)32-3/h5-8,11-12H,9-10,13H2,1-4H3,(H,25,30). The van der Waals surface area contributed by atoms with Gasteiger partial charge in [-0.2, -0.15) is 4.98 Å². The highest BCUT2D eigenvalue weighted by Crippen LogP contribution is 2.40. The van der Waals surface area contributed by atoms with Crippen molar-refractivity contribution in [1.82, 2.24) is 19.5 Å². The number of hydrogen-bond donors (Lipinski definition) is 1. The summed E-state index contributed by atoms with van der Waals surface area (Å²) < 4.78 is 18.0. The minimum absolute atomic E-state index is 0.195. The van der Waals surface area contributed by atoms with Crippen LogP contribution in [0.3, 0.4) is 0 Å². The summed E-state index contributed by atoms with van der Waals surface area (Å²) in [5.74, 6) is 2.16. The number of methoxy groups -OCH3 is 3. The van der Waals surface area contributed by atoms with Crippen LogP contribution >= 0.6 is 11.3 Å². The molecule has 34 heavy (non-hydrogen) atoms. The predicted octanol–water partition coefficient (Wildman–Crippen LogP) is 4.38. The molecule has 1 aliphatic heterocycles. The molecule has 0 atom stereocenters. The van der Waals surface area contributed by atoms with Gasteiger partial charge in [0.1, 0.15) is 0 Å². The van der Waals surface area contributed by atoms with Crippen molar-refractivity contribution in [2.75, 3.05) is 33.2 Å². The van der Waals surface area contributed by atoms with Gasteiger partial charge in [0.05, 0.1) is 39.3 Å². The molecule has 1 N–H and O–H groups in total. The fourth-order valence-corrected chi connectivity index (χ4v) is 5.16. The molecular formula is C24H25N5O4S. The average molecular weight is 480 g/mol. The monoisotopic (exact) mass is 479 g/mol. The zero-order chi connectivity index (χ0) is 23.8. The molecule has 1 aliphatic rings. The molecule has 176 valence electrons. The molecule has 9 nitrogen and oxygen atoms in total. The van der Waals surface area contributed by atoms with E-state index in [9.17, 15) is 4.79 Å². The highest BCUT2D eigenvalue weighted by Gasteiger charge is 2.27. The first kappa shape index (κ1) is 22.0. The highest BCUT2D eigenvalue weighted by atomic mass is 32.1. The van der Waals surface area contributed by atoms with Crippen molar-refractivity contribution in [2.24, 2.45) is 0 Å². The lowest BCUT2D eigenvalue weighted by molar-refractivity contribution is 0.206. The van der Waals surface area contributed by atoms with Gasteiger partial charge in [-0.3, -0.25) is 0 Å². The summed E-state index contributed by atoms with van der Waals surface area (Å²) in [5, 5.41) is 7.68. The van der Waals surface area contributed by atoms with Crippen molar-refractivity contribution in [3.05, 3.63) is 52.5 Å². The van der Waals surface area contributed by atoms with Crippen LogP contribution in [0.4, 0.5) is 10.5 Å². The summed E-state index contributed by atoms with van der Waals surface area (Å²) in [5.41, 5.74) is 3.88.